The van der Waals surface area contributed by atoms with E-state index in [9.17, 15) is 0 Å². The molecule has 1 aliphatic carbocycles. The first-order chi connectivity index (χ1) is 14.1. The van der Waals surface area contributed by atoms with E-state index >= 15 is 0 Å². The molecule has 4 rings (SSSR count). The van der Waals surface area contributed by atoms with Crippen LogP contribution in [0.1, 0.15) is 55.3 Å². The van der Waals surface area contributed by atoms with Crippen LogP contribution in [0.25, 0.3) is 0 Å². The molecule has 0 amide bonds. The number of pyridine rings is 1. The van der Waals surface area contributed by atoms with Crippen molar-refractivity contribution in [2.24, 2.45) is 5.73 Å². The average Bonchev–Trinajstić information content (AvgIpc) is 3.23. The zero-order chi connectivity index (χ0) is 20.1. The number of hydrogen-bond acceptors (Lipinski definition) is 4. The maximum Gasteiger partial charge on any atom is 0.128 e. The van der Waals surface area contributed by atoms with Crippen molar-refractivity contribution < 1.29 is 4.74 Å². The summed E-state index contributed by atoms with van der Waals surface area (Å²) in [7, 11) is 1.79. The molecule has 2 fully saturated rings. The number of ether oxygens (including phenoxy) is 1. The van der Waals surface area contributed by atoms with Gasteiger partial charge in [0, 0.05) is 32.2 Å². The molecule has 4 nitrogen and oxygen atoms in total. The molecule has 2 aromatic rings. The minimum atomic E-state index is -0.346. The lowest BCUT2D eigenvalue weighted by Crippen LogP contribution is -2.40. The number of nitrogens with zero attached hydrogens (tertiary/aromatic N) is 2. The van der Waals surface area contributed by atoms with Crippen molar-refractivity contribution in [3.8, 4) is 11.8 Å². The van der Waals surface area contributed by atoms with Gasteiger partial charge < -0.3 is 15.4 Å². The second kappa shape index (κ2) is 8.98. The molecule has 1 aromatic heterocycles. The Hall–Kier alpha value is -2.35. The van der Waals surface area contributed by atoms with Gasteiger partial charge in [-0.3, -0.25) is 0 Å². The van der Waals surface area contributed by atoms with Crippen LogP contribution in [0.15, 0.2) is 42.5 Å². The van der Waals surface area contributed by atoms with E-state index in [2.05, 4.69) is 53.1 Å². The largest absolute Gasteiger partial charge is 0.380 e. The van der Waals surface area contributed by atoms with E-state index in [1.165, 1.54) is 24.8 Å². The Morgan fingerprint density at radius 3 is 2.66 bits per heavy atom. The summed E-state index contributed by atoms with van der Waals surface area (Å²) in [5, 5.41) is 0. The predicted molar refractivity (Wildman–Crippen MR) is 118 cm³/mol. The molecule has 1 aromatic carbocycles. The lowest BCUT2D eigenvalue weighted by Gasteiger charge is -2.27. The maximum absolute atomic E-state index is 6.55. The van der Waals surface area contributed by atoms with E-state index < -0.39 is 0 Å². The lowest BCUT2D eigenvalue weighted by atomic mass is 9.83. The molecule has 1 aliphatic heterocycles. The number of aromatic nitrogens is 1. The van der Waals surface area contributed by atoms with Gasteiger partial charge in [-0.15, -0.1) is 0 Å². The van der Waals surface area contributed by atoms with Gasteiger partial charge in [0.1, 0.15) is 5.82 Å². The minimum absolute atomic E-state index is 0.289. The summed E-state index contributed by atoms with van der Waals surface area (Å²) in [5.74, 6) is 7.82. The van der Waals surface area contributed by atoms with Crippen molar-refractivity contribution in [3.05, 3.63) is 59.3 Å². The molecule has 0 spiro atoms. The first-order valence-corrected chi connectivity index (χ1v) is 10.8. The van der Waals surface area contributed by atoms with Crippen molar-refractivity contribution >= 4 is 5.82 Å². The Labute approximate surface area is 174 Å². The van der Waals surface area contributed by atoms with Gasteiger partial charge in [0.2, 0.25) is 0 Å². The van der Waals surface area contributed by atoms with Crippen molar-refractivity contribution in [2.75, 3.05) is 25.1 Å². The molecule has 29 heavy (non-hydrogen) atoms. The van der Waals surface area contributed by atoms with Crippen LogP contribution in [0, 0.1) is 11.8 Å². The summed E-state index contributed by atoms with van der Waals surface area (Å²) in [6.07, 6.45) is 7.72. The van der Waals surface area contributed by atoms with Crippen molar-refractivity contribution in [3.63, 3.8) is 0 Å². The Kier molecular flexibility index (Phi) is 6.18. The monoisotopic (exact) mass is 389 g/mol. The smallest absolute Gasteiger partial charge is 0.128 e. The molecule has 2 N–H and O–H groups in total. The van der Waals surface area contributed by atoms with Crippen LogP contribution in [0.5, 0.6) is 0 Å². The number of hydrogen-bond donors (Lipinski definition) is 1. The Bertz CT molecular complexity index is 878. The number of methoxy groups -OCH3 is 1. The van der Waals surface area contributed by atoms with E-state index in [1.807, 2.05) is 6.07 Å². The fraction of sp³-hybridized carbons (Fsp3) is 0.480. The first-order valence-electron chi connectivity index (χ1n) is 10.8. The Balaban J connectivity index is 1.63. The Morgan fingerprint density at radius 2 is 1.93 bits per heavy atom. The van der Waals surface area contributed by atoms with E-state index in [4.69, 9.17) is 15.5 Å². The SMILES string of the molecule is CO[C@H]1CCN(c2ccc(C#CC3(N)CCCCC3)c(Cc3ccccc3)n2)C1. The highest BCUT2D eigenvalue weighted by molar-refractivity contribution is 5.49. The van der Waals surface area contributed by atoms with Gasteiger partial charge in [0.05, 0.1) is 17.3 Å². The molecule has 152 valence electrons. The second-order valence-corrected chi connectivity index (χ2v) is 8.39. The highest BCUT2D eigenvalue weighted by atomic mass is 16.5. The van der Waals surface area contributed by atoms with Crippen LogP contribution in [0.4, 0.5) is 5.82 Å². The molecule has 0 unspecified atom stereocenters. The van der Waals surface area contributed by atoms with Gasteiger partial charge in [-0.1, -0.05) is 61.4 Å². The second-order valence-electron chi connectivity index (χ2n) is 8.39. The van der Waals surface area contributed by atoms with Crippen LogP contribution in [-0.2, 0) is 11.2 Å². The van der Waals surface area contributed by atoms with Crippen LogP contribution in [-0.4, -0.2) is 36.8 Å². The molecule has 2 aliphatic rings. The molecule has 4 heteroatoms. The highest BCUT2D eigenvalue weighted by Crippen LogP contribution is 2.26. The van der Waals surface area contributed by atoms with Crippen molar-refractivity contribution in [1.82, 2.24) is 4.98 Å². The van der Waals surface area contributed by atoms with Gasteiger partial charge in [0.15, 0.2) is 0 Å². The van der Waals surface area contributed by atoms with Crippen LogP contribution in [0.3, 0.4) is 0 Å². The summed E-state index contributed by atoms with van der Waals surface area (Å²) in [5.41, 5.74) is 9.48. The summed E-state index contributed by atoms with van der Waals surface area (Å²) < 4.78 is 5.52. The van der Waals surface area contributed by atoms with Crippen LogP contribution in [0.2, 0.25) is 0 Å². The van der Waals surface area contributed by atoms with E-state index in [-0.39, 0.29) is 11.6 Å². The lowest BCUT2D eigenvalue weighted by molar-refractivity contribution is 0.121. The molecular formula is C25H31N3O. The summed E-state index contributed by atoms with van der Waals surface area (Å²) in [6, 6.07) is 14.7. The van der Waals surface area contributed by atoms with Gasteiger partial charge in [0.25, 0.3) is 0 Å². The molecule has 1 saturated carbocycles. The molecule has 0 bridgehead atoms. The predicted octanol–water partition coefficient (Wildman–Crippen LogP) is 3.91. The third kappa shape index (κ3) is 4.98. The number of nitrogens with two attached hydrogens (primary N) is 1. The van der Waals surface area contributed by atoms with Gasteiger partial charge >= 0.3 is 0 Å². The first kappa shape index (κ1) is 19.9. The number of benzene rings is 1. The number of rotatable bonds is 4. The number of anilines is 1. The molecule has 1 saturated heterocycles. The normalized spacial score (nSPS) is 20.9. The summed E-state index contributed by atoms with van der Waals surface area (Å²) >= 11 is 0. The van der Waals surface area contributed by atoms with E-state index in [0.29, 0.717) is 0 Å². The van der Waals surface area contributed by atoms with Crippen molar-refractivity contribution in [2.45, 2.75) is 56.6 Å². The van der Waals surface area contributed by atoms with E-state index in [1.54, 1.807) is 7.11 Å². The average molecular weight is 390 g/mol. The highest BCUT2D eigenvalue weighted by Gasteiger charge is 2.25. The standard InChI is InChI=1S/C25H31N3O/c1-29-22-13-17-28(19-22)24-11-10-21(12-16-25(26)14-6-3-7-15-25)23(27-24)18-20-8-4-2-5-9-20/h2,4-5,8-11,22H,3,6-7,13-15,17-19,26H2,1H3/t22-/m0/s1. The maximum atomic E-state index is 6.55. The van der Waals surface area contributed by atoms with E-state index in [0.717, 1.165) is 55.8 Å². The van der Waals surface area contributed by atoms with Crippen molar-refractivity contribution in [1.29, 1.82) is 0 Å². The topological polar surface area (TPSA) is 51.4 Å². The zero-order valence-corrected chi connectivity index (χ0v) is 17.4. The summed E-state index contributed by atoms with van der Waals surface area (Å²) in [4.78, 5) is 7.34. The molecule has 0 radical (unpaired) electrons. The van der Waals surface area contributed by atoms with Gasteiger partial charge in [-0.05, 0) is 37.0 Å². The Morgan fingerprint density at radius 1 is 1.14 bits per heavy atom. The third-order valence-corrected chi connectivity index (χ3v) is 6.17. The zero-order valence-electron chi connectivity index (χ0n) is 17.4. The molecule has 2 heterocycles. The molecular weight excluding hydrogens is 358 g/mol. The van der Waals surface area contributed by atoms with Gasteiger partial charge in [-0.25, -0.2) is 4.98 Å². The quantitative estimate of drug-likeness (QED) is 0.806. The van der Waals surface area contributed by atoms with Crippen LogP contribution < -0.4 is 10.6 Å². The minimum Gasteiger partial charge on any atom is -0.380 e. The third-order valence-electron chi connectivity index (χ3n) is 6.17. The van der Waals surface area contributed by atoms with Gasteiger partial charge in [-0.2, -0.15) is 0 Å². The fourth-order valence-corrected chi connectivity index (χ4v) is 4.33. The summed E-state index contributed by atoms with van der Waals surface area (Å²) in [6.45, 7) is 1.87. The molecule has 1 atom stereocenters. The fourth-order valence-electron chi connectivity index (χ4n) is 4.33. The van der Waals surface area contributed by atoms with Crippen LogP contribution >= 0.6 is 0 Å².